The molecule has 27 heavy (non-hydrogen) atoms. The summed E-state index contributed by atoms with van der Waals surface area (Å²) < 4.78 is 39.0. The summed E-state index contributed by atoms with van der Waals surface area (Å²) in [5, 5.41) is 5.26. The second-order valence-corrected chi connectivity index (χ2v) is 5.78. The van der Waals surface area contributed by atoms with Crippen LogP contribution in [0.3, 0.4) is 0 Å². The van der Waals surface area contributed by atoms with Gasteiger partial charge in [-0.15, -0.1) is 0 Å². The Morgan fingerprint density at radius 1 is 1.00 bits per heavy atom. The highest BCUT2D eigenvalue weighted by atomic mass is 19.4. The molecule has 0 unspecified atom stereocenters. The van der Waals surface area contributed by atoms with Crippen LogP contribution in [-0.2, 0) is 6.18 Å². The number of hydrogen-bond acceptors (Lipinski definition) is 4. The van der Waals surface area contributed by atoms with Gasteiger partial charge in [0, 0.05) is 5.69 Å². The van der Waals surface area contributed by atoms with Crippen LogP contribution in [0.2, 0.25) is 0 Å². The summed E-state index contributed by atoms with van der Waals surface area (Å²) in [7, 11) is 0. The van der Waals surface area contributed by atoms with Crippen molar-refractivity contribution in [3.63, 3.8) is 0 Å². The number of alkyl halides is 3. The summed E-state index contributed by atoms with van der Waals surface area (Å²) in [5.41, 5.74) is 0.512. The summed E-state index contributed by atoms with van der Waals surface area (Å²) in [5.74, 6) is -0.367. The molecule has 0 bridgehead atoms. The standard InChI is InChI=1S/C19H15F3N4O/c1-12-5-4-6-13(9-12)25-17-11-23-16(10-24-17)18(27)26-15-8-3-2-7-14(15)19(20,21)22/h2-11H,1H3,(H,24,25)(H,26,27). The Labute approximate surface area is 153 Å². The molecule has 0 aliphatic heterocycles. The van der Waals surface area contributed by atoms with Crippen molar-refractivity contribution in [3.8, 4) is 0 Å². The van der Waals surface area contributed by atoms with Crippen LogP contribution in [0.4, 0.5) is 30.4 Å². The first-order chi connectivity index (χ1) is 12.8. The Kier molecular flexibility index (Phi) is 5.07. The molecular weight excluding hydrogens is 357 g/mol. The van der Waals surface area contributed by atoms with Crippen molar-refractivity contribution in [1.29, 1.82) is 0 Å². The van der Waals surface area contributed by atoms with Crippen LogP contribution in [0.15, 0.2) is 60.9 Å². The van der Waals surface area contributed by atoms with E-state index in [0.717, 1.165) is 17.3 Å². The highest BCUT2D eigenvalue weighted by molar-refractivity contribution is 6.03. The molecule has 0 aliphatic rings. The molecule has 0 atom stereocenters. The third kappa shape index (κ3) is 4.60. The average Bonchev–Trinajstić information content (AvgIpc) is 2.62. The number of para-hydroxylation sites is 1. The summed E-state index contributed by atoms with van der Waals surface area (Å²) in [6, 6.07) is 12.3. The molecule has 5 nitrogen and oxygen atoms in total. The topological polar surface area (TPSA) is 66.9 Å². The summed E-state index contributed by atoms with van der Waals surface area (Å²) in [6.45, 7) is 1.95. The maximum Gasteiger partial charge on any atom is 0.418 e. The number of rotatable bonds is 4. The van der Waals surface area contributed by atoms with Crippen LogP contribution >= 0.6 is 0 Å². The fourth-order valence-electron chi connectivity index (χ4n) is 2.41. The van der Waals surface area contributed by atoms with Crippen molar-refractivity contribution in [2.45, 2.75) is 13.1 Å². The summed E-state index contributed by atoms with van der Waals surface area (Å²) in [6.07, 6.45) is -2.03. The molecule has 1 amide bonds. The number of anilines is 3. The SMILES string of the molecule is Cc1cccc(Nc2cnc(C(=O)Nc3ccccc3C(F)(F)F)cn2)c1. The van der Waals surface area contributed by atoms with Gasteiger partial charge in [0.2, 0.25) is 0 Å². The molecule has 0 saturated carbocycles. The van der Waals surface area contributed by atoms with Crippen molar-refractivity contribution >= 4 is 23.1 Å². The lowest BCUT2D eigenvalue weighted by molar-refractivity contribution is -0.136. The van der Waals surface area contributed by atoms with Gasteiger partial charge in [-0.25, -0.2) is 9.97 Å². The van der Waals surface area contributed by atoms with Crippen LogP contribution in [-0.4, -0.2) is 15.9 Å². The number of nitrogens with zero attached hydrogens (tertiary/aromatic N) is 2. The van der Waals surface area contributed by atoms with E-state index >= 15 is 0 Å². The molecule has 2 N–H and O–H groups in total. The first-order valence-corrected chi connectivity index (χ1v) is 7.96. The van der Waals surface area contributed by atoms with E-state index in [0.29, 0.717) is 5.82 Å². The fraction of sp³-hybridized carbons (Fsp3) is 0.105. The van der Waals surface area contributed by atoms with E-state index < -0.39 is 17.6 Å². The molecule has 0 fully saturated rings. The van der Waals surface area contributed by atoms with Gasteiger partial charge in [-0.2, -0.15) is 13.2 Å². The lowest BCUT2D eigenvalue weighted by atomic mass is 10.1. The molecular formula is C19H15F3N4O. The maximum atomic E-state index is 13.0. The highest BCUT2D eigenvalue weighted by Gasteiger charge is 2.33. The number of halogens is 3. The third-order valence-corrected chi connectivity index (χ3v) is 3.66. The van der Waals surface area contributed by atoms with E-state index in [1.165, 1.54) is 30.6 Å². The quantitative estimate of drug-likeness (QED) is 0.690. The summed E-state index contributed by atoms with van der Waals surface area (Å²) >= 11 is 0. The third-order valence-electron chi connectivity index (χ3n) is 3.66. The predicted octanol–water partition coefficient (Wildman–Crippen LogP) is 4.80. The lowest BCUT2D eigenvalue weighted by Gasteiger charge is -2.13. The normalized spacial score (nSPS) is 11.1. The molecule has 138 valence electrons. The van der Waals surface area contributed by atoms with Crippen molar-refractivity contribution < 1.29 is 18.0 Å². The molecule has 0 radical (unpaired) electrons. The van der Waals surface area contributed by atoms with E-state index in [9.17, 15) is 18.0 Å². The molecule has 0 aliphatic carbocycles. The first-order valence-electron chi connectivity index (χ1n) is 7.96. The Bertz CT molecular complexity index is 956. The Hall–Kier alpha value is -3.42. The Balaban J connectivity index is 1.73. The van der Waals surface area contributed by atoms with Crippen LogP contribution in [0.5, 0.6) is 0 Å². The number of carbonyl (C=O) groups is 1. The number of aryl methyl sites for hydroxylation is 1. The van der Waals surface area contributed by atoms with Gasteiger partial charge in [-0.1, -0.05) is 24.3 Å². The van der Waals surface area contributed by atoms with E-state index in [1.54, 1.807) is 0 Å². The zero-order chi connectivity index (χ0) is 19.4. The first kappa shape index (κ1) is 18.4. The Morgan fingerprint density at radius 2 is 1.78 bits per heavy atom. The van der Waals surface area contributed by atoms with Gasteiger partial charge in [-0.3, -0.25) is 4.79 Å². The van der Waals surface area contributed by atoms with Crippen LogP contribution in [0, 0.1) is 6.92 Å². The molecule has 3 aromatic rings. The van der Waals surface area contributed by atoms with E-state index in [4.69, 9.17) is 0 Å². The van der Waals surface area contributed by atoms with Crippen molar-refractivity contribution in [2.24, 2.45) is 0 Å². The molecule has 8 heteroatoms. The van der Waals surface area contributed by atoms with Crippen LogP contribution in [0.1, 0.15) is 21.6 Å². The van der Waals surface area contributed by atoms with Gasteiger partial charge in [0.1, 0.15) is 11.5 Å². The van der Waals surface area contributed by atoms with Gasteiger partial charge in [0.05, 0.1) is 23.6 Å². The molecule has 2 aromatic carbocycles. The molecule has 1 aromatic heterocycles. The van der Waals surface area contributed by atoms with Crippen molar-refractivity contribution in [3.05, 3.63) is 77.7 Å². The zero-order valence-electron chi connectivity index (χ0n) is 14.2. The zero-order valence-corrected chi connectivity index (χ0v) is 14.2. The van der Waals surface area contributed by atoms with Gasteiger partial charge < -0.3 is 10.6 Å². The lowest BCUT2D eigenvalue weighted by Crippen LogP contribution is -2.18. The number of carbonyl (C=O) groups excluding carboxylic acids is 1. The van der Waals surface area contributed by atoms with Gasteiger partial charge in [0.25, 0.3) is 5.91 Å². The minimum absolute atomic E-state index is 0.0956. The minimum Gasteiger partial charge on any atom is -0.339 e. The van der Waals surface area contributed by atoms with Gasteiger partial charge >= 0.3 is 6.18 Å². The number of aromatic nitrogens is 2. The molecule has 1 heterocycles. The number of amides is 1. The van der Waals surface area contributed by atoms with E-state index in [-0.39, 0.29) is 11.4 Å². The molecule has 3 rings (SSSR count). The summed E-state index contributed by atoms with van der Waals surface area (Å²) in [4.78, 5) is 20.3. The minimum atomic E-state index is -4.57. The molecule has 0 saturated heterocycles. The smallest absolute Gasteiger partial charge is 0.339 e. The van der Waals surface area contributed by atoms with Crippen LogP contribution < -0.4 is 10.6 Å². The fourth-order valence-corrected chi connectivity index (χ4v) is 2.41. The average molecular weight is 372 g/mol. The maximum absolute atomic E-state index is 13.0. The largest absolute Gasteiger partial charge is 0.418 e. The molecule has 0 spiro atoms. The van der Waals surface area contributed by atoms with E-state index in [2.05, 4.69) is 20.6 Å². The number of nitrogens with one attached hydrogen (secondary N) is 2. The predicted molar refractivity (Wildman–Crippen MR) is 95.9 cm³/mol. The second kappa shape index (κ2) is 7.45. The Morgan fingerprint density at radius 3 is 2.44 bits per heavy atom. The van der Waals surface area contributed by atoms with E-state index in [1.807, 2.05) is 31.2 Å². The second-order valence-electron chi connectivity index (χ2n) is 5.78. The highest BCUT2D eigenvalue weighted by Crippen LogP contribution is 2.34. The van der Waals surface area contributed by atoms with Crippen LogP contribution in [0.25, 0.3) is 0 Å². The van der Waals surface area contributed by atoms with Crippen molar-refractivity contribution in [2.75, 3.05) is 10.6 Å². The number of benzene rings is 2. The van der Waals surface area contributed by atoms with Gasteiger partial charge in [-0.05, 0) is 36.8 Å². The van der Waals surface area contributed by atoms with Gasteiger partial charge in [0.15, 0.2) is 0 Å². The van der Waals surface area contributed by atoms with Crippen molar-refractivity contribution in [1.82, 2.24) is 9.97 Å². The monoisotopic (exact) mass is 372 g/mol. The number of hydrogen-bond donors (Lipinski definition) is 2.